The highest BCUT2D eigenvalue weighted by Gasteiger charge is 2.05. The van der Waals surface area contributed by atoms with Gasteiger partial charge < -0.3 is 4.74 Å². The van der Waals surface area contributed by atoms with Crippen molar-refractivity contribution >= 4 is 17.9 Å². The number of halogens is 2. The summed E-state index contributed by atoms with van der Waals surface area (Å²) in [5.41, 5.74) is 0.294. The molecule has 0 heterocycles. The Hall–Kier alpha value is -1.09. The summed E-state index contributed by atoms with van der Waals surface area (Å²) in [6, 6.07) is 4.59. The minimum atomic E-state index is -0.956. The lowest BCUT2D eigenvalue weighted by Crippen LogP contribution is -1.92. The third-order valence-electron chi connectivity index (χ3n) is 1.33. The molecule has 0 saturated carbocycles. The molecule has 0 fully saturated rings. The Balaban J connectivity index is 3.04. The summed E-state index contributed by atoms with van der Waals surface area (Å²) in [6.45, 7) is -0.956. The third-order valence-corrected chi connectivity index (χ3v) is 1.73. The Bertz CT molecular complexity index is 288. The molecular formula is C8H6ClFO2. The van der Waals surface area contributed by atoms with Gasteiger partial charge in [0.1, 0.15) is 5.75 Å². The van der Waals surface area contributed by atoms with E-state index in [0.29, 0.717) is 11.8 Å². The molecule has 4 heteroatoms. The summed E-state index contributed by atoms with van der Waals surface area (Å²) in [4.78, 5) is 10.4. The first kappa shape index (κ1) is 9.00. The summed E-state index contributed by atoms with van der Waals surface area (Å²) in [5, 5.41) is 0.144. The van der Waals surface area contributed by atoms with Gasteiger partial charge in [-0.2, -0.15) is 0 Å². The van der Waals surface area contributed by atoms with E-state index in [4.69, 9.17) is 11.6 Å². The van der Waals surface area contributed by atoms with Crippen LogP contribution in [0.5, 0.6) is 5.75 Å². The van der Waals surface area contributed by atoms with Crippen molar-refractivity contribution in [3.63, 3.8) is 0 Å². The average Bonchev–Trinajstić information content (AvgIpc) is 2.09. The van der Waals surface area contributed by atoms with Gasteiger partial charge in [-0.05, 0) is 12.1 Å². The van der Waals surface area contributed by atoms with Gasteiger partial charge in [0.25, 0.3) is 0 Å². The second kappa shape index (κ2) is 4.07. The van der Waals surface area contributed by atoms with Gasteiger partial charge in [-0.25, -0.2) is 4.39 Å². The zero-order valence-electron chi connectivity index (χ0n) is 6.09. The van der Waals surface area contributed by atoms with Crippen LogP contribution in [-0.2, 0) is 0 Å². The highest BCUT2D eigenvalue weighted by Crippen LogP contribution is 2.26. The number of rotatable bonds is 3. The Morgan fingerprint density at radius 2 is 2.33 bits per heavy atom. The van der Waals surface area contributed by atoms with Crippen molar-refractivity contribution in [2.45, 2.75) is 0 Å². The van der Waals surface area contributed by atoms with Gasteiger partial charge in [-0.15, -0.1) is 0 Å². The molecular weight excluding hydrogens is 183 g/mol. The van der Waals surface area contributed by atoms with Crippen LogP contribution in [0, 0.1) is 0 Å². The van der Waals surface area contributed by atoms with E-state index < -0.39 is 6.86 Å². The van der Waals surface area contributed by atoms with Crippen molar-refractivity contribution in [1.82, 2.24) is 0 Å². The molecule has 1 aromatic carbocycles. The molecule has 0 amide bonds. The average molecular weight is 189 g/mol. The maximum absolute atomic E-state index is 11.7. The molecule has 0 atom stereocenters. The first-order valence-electron chi connectivity index (χ1n) is 3.22. The summed E-state index contributed by atoms with van der Waals surface area (Å²) in [6.07, 6.45) is 0.591. The molecule has 0 aliphatic rings. The maximum Gasteiger partial charge on any atom is 0.228 e. The molecule has 0 aromatic heterocycles. The number of hydrogen-bond donors (Lipinski definition) is 0. The molecule has 2 nitrogen and oxygen atoms in total. The van der Waals surface area contributed by atoms with Gasteiger partial charge in [-0.3, -0.25) is 4.79 Å². The smallest absolute Gasteiger partial charge is 0.228 e. The van der Waals surface area contributed by atoms with Crippen molar-refractivity contribution in [2.75, 3.05) is 6.86 Å². The molecule has 0 spiro atoms. The normalized spacial score (nSPS) is 9.50. The zero-order chi connectivity index (χ0) is 8.97. The van der Waals surface area contributed by atoms with Crippen LogP contribution in [-0.4, -0.2) is 13.1 Å². The predicted molar refractivity (Wildman–Crippen MR) is 43.4 cm³/mol. The van der Waals surface area contributed by atoms with E-state index in [1.165, 1.54) is 12.1 Å². The Labute approximate surface area is 73.9 Å². The van der Waals surface area contributed by atoms with Crippen LogP contribution >= 0.6 is 11.6 Å². The quantitative estimate of drug-likeness (QED) is 0.682. The van der Waals surface area contributed by atoms with Crippen molar-refractivity contribution in [1.29, 1.82) is 0 Å². The summed E-state index contributed by atoms with van der Waals surface area (Å²) < 4.78 is 16.2. The number of aldehydes is 1. The minimum absolute atomic E-state index is 0.144. The lowest BCUT2D eigenvalue weighted by Gasteiger charge is -2.04. The Morgan fingerprint density at radius 3 is 2.92 bits per heavy atom. The zero-order valence-corrected chi connectivity index (χ0v) is 6.84. The monoisotopic (exact) mass is 188 g/mol. The number of benzene rings is 1. The van der Waals surface area contributed by atoms with Gasteiger partial charge in [0.05, 0.1) is 5.02 Å². The van der Waals surface area contributed by atoms with Crippen LogP contribution < -0.4 is 4.74 Å². The topological polar surface area (TPSA) is 26.3 Å². The van der Waals surface area contributed by atoms with Gasteiger partial charge >= 0.3 is 0 Å². The van der Waals surface area contributed by atoms with Gasteiger partial charge in [-0.1, -0.05) is 17.7 Å². The molecule has 64 valence electrons. The van der Waals surface area contributed by atoms with E-state index >= 15 is 0 Å². The van der Waals surface area contributed by atoms with Crippen LogP contribution in [0.4, 0.5) is 4.39 Å². The lowest BCUT2D eigenvalue weighted by molar-refractivity contribution is 0.112. The first-order chi connectivity index (χ1) is 5.79. The fourth-order valence-corrected chi connectivity index (χ4v) is 1.01. The molecule has 0 aliphatic carbocycles. The van der Waals surface area contributed by atoms with Crippen molar-refractivity contribution in [3.05, 3.63) is 28.8 Å². The van der Waals surface area contributed by atoms with E-state index in [1.54, 1.807) is 6.07 Å². The van der Waals surface area contributed by atoms with E-state index in [9.17, 15) is 9.18 Å². The molecule has 1 aromatic rings. The highest BCUT2D eigenvalue weighted by atomic mass is 35.5. The molecule has 0 unspecified atom stereocenters. The minimum Gasteiger partial charge on any atom is -0.461 e. The van der Waals surface area contributed by atoms with Crippen molar-refractivity contribution in [3.8, 4) is 5.75 Å². The van der Waals surface area contributed by atoms with Gasteiger partial charge in [0, 0.05) is 5.56 Å². The first-order valence-corrected chi connectivity index (χ1v) is 3.60. The van der Waals surface area contributed by atoms with E-state index in [0.717, 1.165) is 0 Å². The Morgan fingerprint density at radius 1 is 1.58 bits per heavy atom. The lowest BCUT2D eigenvalue weighted by atomic mass is 10.2. The van der Waals surface area contributed by atoms with Gasteiger partial charge in [0.2, 0.25) is 6.86 Å². The van der Waals surface area contributed by atoms with E-state index in [1.807, 2.05) is 0 Å². The van der Waals surface area contributed by atoms with Crippen LogP contribution in [0.25, 0.3) is 0 Å². The van der Waals surface area contributed by atoms with Crippen LogP contribution in [0.2, 0.25) is 5.02 Å². The number of carbonyl (C=O) groups is 1. The molecule has 0 bridgehead atoms. The summed E-state index contributed by atoms with van der Waals surface area (Å²) in [5.74, 6) is 0.184. The standard InChI is InChI=1S/C8H6ClFO2/c9-8-6(4-11)2-1-3-7(8)12-5-10/h1-4H,5H2. The van der Waals surface area contributed by atoms with Crippen molar-refractivity contribution in [2.24, 2.45) is 0 Å². The summed E-state index contributed by atoms with van der Waals surface area (Å²) >= 11 is 5.66. The molecule has 0 N–H and O–H groups in total. The maximum atomic E-state index is 11.7. The third kappa shape index (κ3) is 1.74. The largest absolute Gasteiger partial charge is 0.461 e. The number of hydrogen-bond acceptors (Lipinski definition) is 2. The molecule has 0 aliphatic heterocycles. The van der Waals surface area contributed by atoms with Gasteiger partial charge in [0.15, 0.2) is 6.29 Å². The predicted octanol–water partition coefficient (Wildman–Crippen LogP) is 2.46. The van der Waals surface area contributed by atoms with E-state index in [-0.39, 0.29) is 10.8 Å². The SMILES string of the molecule is O=Cc1cccc(OCF)c1Cl. The second-order valence-electron chi connectivity index (χ2n) is 2.03. The number of ether oxygens (including phenoxy) is 1. The highest BCUT2D eigenvalue weighted by molar-refractivity contribution is 6.34. The fourth-order valence-electron chi connectivity index (χ4n) is 0.789. The van der Waals surface area contributed by atoms with Crippen LogP contribution in [0.15, 0.2) is 18.2 Å². The number of carbonyl (C=O) groups excluding carboxylic acids is 1. The summed E-state index contributed by atoms with van der Waals surface area (Å²) in [7, 11) is 0. The van der Waals surface area contributed by atoms with Crippen molar-refractivity contribution < 1.29 is 13.9 Å². The fraction of sp³-hybridized carbons (Fsp3) is 0.125. The van der Waals surface area contributed by atoms with E-state index in [2.05, 4.69) is 4.74 Å². The number of alkyl halides is 1. The van der Waals surface area contributed by atoms with Crippen LogP contribution in [0.3, 0.4) is 0 Å². The molecule has 0 radical (unpaired) electrons. The molecule has 0 saturated heterocycles. The van der Waals surface area contributed by atoms with Crippen LogP contribution in [0.1, 0.15) is 10.4 Å². The second-order valence-corrected chi connectivity index (χ2v) is 2.41. The molecule has 12 heavy (non-hydrogen) atoms. The Kier molecular flexibility index (Phi) is 3.05. The molecule has 1 rings (SSSR count).